The van der Waals surface area contributed by atoms with E-state index in [-0.39, 0.29) is 6.10 Å². The standard InChI is InChI=1S/C12H16N2O2/c1-9(8-15-3)16-11-4-5-12-10(6-11)7-14(2)13-12/h4-7,9H,8H2,1-3H3/t9-/m1/s1. The van der Waals surface area contributed by atoms with Crippen molar-refractivity contribution in [3.05, 3.63) is 24.4 Å². The van der Waals surface area contributed by atoms with Crippen molar-refractivity contribution in [3.8, 4) is 5.75 Å². The highest BCUT2D eigenvalue weighted by molar-refractivity contribution is 5.79. The van der Waals surface area contributed by atoms with Gasteiger partial charge in [0.25, 0.3) is 0 Å². The van der Waals surface area contributed by atoms with Gasteiger partial charge in [0.2, 0.25) is 0 Å². The monoisotopic (exact) mass is 220 g/mol. The second-order valence-corrected chi connectivity index (χ2v) is 3.91. The molecule has 0 spiro atoms. The van der Waals surface area contributed by atoms with Crippen LogP contribution in [0.5, 0.6) is 5.75 Å². The minimum Gasteiger partial charge on any atom is -0.488 e. The van der Waals surface area contributed by atoms with E-state index < -0.39 is 0 Å². The second-order valence-electron chi connectivity index (χ2n) is 3.91. The summed E-state index contributed by atoms with van der Waals surface area (Å²) in [6, 6.07) is 5.89. The Morgan fingerprint density at radius 1 is 1.44 bits per heavy atom. The third-order valence-corrected chi connectivity index (χ3v) is 2.33. The molecule has 0 unspecified atom stereocenters. The van der Waals surface area contributed by atoms with E-state index in [1.807, 2.05) is 38.4 Å². The van der Waals surface area contributed by atoms with E-state index in [1.165, 1.54) is 0 Å². The molecule has 0 aliphatic rings. The molecule has 86 valence electrons. The van der Waals surface area contributed by atoms with Crippen molar-refractivity contribution in [3.63, 3.8) is 0 Å². The zero-order valence-corrected chi connectivity index (χ0v) is 9.80. The summed E-state index contributed by atoms with van der Waals surface area (Å²) in [6.07, 6.45) is 2.03. The number of methoxy groups -OCH3 is 1. The van der Waals surface area contributed by atoms with Crippen LogP contribution >= 0.6 is 0 Å². The summed E-state index contributed by atoms with van der Waals surface area (Å²) in [5.74, 6) is 0.852. The maximum absolute atomic E-state index is 5.71. The Kier molecular flexibility index (Phi) is 3.10. The molecule has 0 bridgehead atoms. The average Bonchev–Trinajstić information content (AvgIpc) is 2.57. The number of hydrogen-bond acceptors (Lipinski definition) is 3. The summed E-state index contributed by atoms with van der Waals surface area (Å²) >= 11 is 0. The van der Waals surface area contributed by atoms with Crippen molar-refractivity contribution in [2.75, 3.05) is 13.7 Å². The zero-order chi connectivity index (χ0) is 11.5. The van der Waals surface area contributed by atoms with Gasteiger partial charge < -0.3 is 9.47 Å². The topological polar surface area (TPSA) is 36.3 Å². The summed E-state index contributed by atoms with van der Waals surface area (Å²) in [6.45, 7) is 2.57. The number of fused-ring (bicyclic) bond motifs is 1. The summed E-state index contributed by atoms with van der Waals surface area (Å²) < 4.78 is 12.5. The molecule has 1 atom stereocenters. The predicted molar refractivity (Wildman–Crippen MR) is 62.7 cm³/mol. The lowest BCUT2D eigenvalue weighted by molar-refractivity contribution is 0.0922. The fourth-order valence-corrected chi connectivity index (χ4v) is 1.70. The van der Waals surface area contributed by atoms with Crippen molar-refractivity contribution in [1.29, 1.82) is 0 Å². The molecule has 0 fully saturated rings. The second kappa shape index (κ2) is 4.53. The molecular formula is C12H16N2O2. The quantitative estimate of drug-likeness (QED) is 0.790. The van der Waals surface area contributed by atoms with Gasteiger partial charge >= 0.3 is 0 Å². The first-order chi connectivity index (χ1) is 7.69. The van der Waals surface area contributed by atoms with Crippen LogP contribution in [0.4, 0.5) is 0 Å². The van der Waals surface area contributed by atoms with Gasteiger partial charge in [-0.15, -0.1) is 0 Å². The van der Waals surface area contributed by atoms with Gasteiger partial charge in [-0.3, -0.25) is 4.68 Å². The number of ether oxygens (including phenoxy) is 2. The van der Waals surface area contributed by atoms with Crippen molar-refractivity contribution < 1.29 is 9.47 Å². The van der Waals surface area contributed by atoms with Crippen molar-refractivity contribution >= 4 is 10.9 Å². The molecule has 0 aliphatic heterocycles. The molecule has 0 N–H and O–H groups in total. The molecule has 0 saturated heterocycles. The number of rotatable bonds is 4. The van der Waals surface area contributed by atoms with Crippen LogP contribution in [0.25, 0.3) is 10.9 Å². The highest BCUT2D eigenvalue weighted by Crippen LogP contribution is 2.20. The Bertz CT molecular complexity index is 479. The number of nitrogens with zero attached hydrogens (tertiary/aromatic N) is 2. The van der Waals surface area contributed by atoms with E-state index in [0.29, 0.717) is 6.61 Å². The summed E-state index contributed by atoms with van der Waals surface area (Å²) in [5, 5.41) is 5.39. The third kappa shape index (κ3) is 2.33. The van der Waals surface area contributed by atoms with Gasteiger partial charge in [-0.1, -0.05) is 0 Å². The Labute approximate surface area is 94.8 Å². The average molecular weight is 220 g/mol. The molecule has 2 rings (SSSR count). The third-order valence-electron chi connectivity index (χ3n) is 2.33. The lowest BCUT2D eigenvalue weighted by Crippen LogP contribution is -2.17. The zero-order valence-electron chi connectivity index (χ0n) is 9.80. The number of aryl methyl sites for hydroxylation is 1. The molecule has 4 heteroatoms. The number of benzene rings is 1. The highest BCUT2D eigenvalue weighted by Gasteiger charge is 2.05. The van der Waals surface area contributed by atoms with E-state index in [1.54, 1.807) is 11.8 Å². The number of hydrogen-bond donors (Lipinski definition) is 0. The fraction of sp³-hybridized carbons (Fsp3) is 0.417. The minimum absolute atomic E-state index is 0.0547. The van der Waals surface area contributed by atoms with Gasteiger partial charge in [0.05, 0.1) is 12.1 Å². The van der Waals surface area contributed by atoms with E-state index in [9.17, 15) is 0 Å². The highest BCUT2D eigenvalue weighted by atomic mass is 16.5. The number of aromatic nitrogens is 2. The smallest absolute Gasteiger partial charge is 0.120 e. The SMILES string of the molecule is COC[C@@H](C)Oc1ccc2nn(C)cc2c1. The van der Waals surface area contributed by atoms with Gasteiger partial charge in [0.1, 0.15) is 11.9 Å². The van der Waals surface area contributed by atoms with E-state index in [4.69, 9.17) is 9.47 Å². The van der Waals surface area contributed by atoms with Crippen LogP contribution in [0.2, 0.25) is 0 Å². The summed E-state index contributed by atoms with van der Waals surface area (Å²) in [4.78, 5) is 0. The first kappa shape index (κ1) is 11.0. The molecule has 2 aromatic rings. The molecule has 16 heavy (non-hydrogen) atoms. The lowest BCUT2D eigenvalue weighted by Gasteiger charge is -2.13. The lowest BCUT2D eigenvalue weighted by atomic mass is 10.2. The maximum atomic E-state index is 5.71. The van der Waals surface area contributed by atoms with Crippen LogP contribution in [-0.2, 0) is 11.8 Å². The molecule has 1 aromatic carbocycles. The van der Waals surface area contributed by atoms with Gasteiger partial charge in [-0.2, -0.15) is 5.10 Å². The van der Waals surface area contributed by atoms with Crippen LogP contribution in [-0.4, -0.2) is 29.6 Å². The van der Waals surface area contributed by atoms with Gasteiger partial charge in [0.15, 0.2) is 0 Å². The minimum atomic E-state index is 0.0547. The molecule has 0 amide bonds. The Balaban J connectivity index is 2.18. The fourth-order valence-electron chi connectivity index (χ4n) is 1.70. The predicted octanol–water partition coefficient (Wildman–Crippen LogP) is 1.99. The molecule has 1 aromatic heterocycles. The Morgan fingerprint density at radius 3 is 3.00 bits per heavy atom. The molecule has 0 aliphatic carbocycles. The van der Waals surface area contributed by atoms with Crippen LogP contribution in [0, 0.1) is 0 Å². The van der Waals surface area contributed by atoms with E-state index in [0.717, 1.165) is 16.7 Å². The Morgan fingerprint density at radius 2 is 2.25 bits per heavy atom. The first-order valence-corrected chi connectivity index (χ1v) is 5.28. The van der Waals surface area contributed by atoms with Crippen molar-refractivity contribution in [2.24, 2.45) is 7.05 Å². The molecule has 1 heterocycles. The molecule has 0 saturated carbocycles. The van der Waals surface area contributed by atoms with Gasteiger partial charge in [0, 0.05) is 25.7 Å². The largest absolute Gasteiger partial charge is 0.488 e. The van der Waals surface area contributed by atoms with Crippen LogP contribution in [0.3, 0.4) is 0 Å². The maximum Gasteiger partial charge on any atom is 0.120 e. The first-order valence-electron chi connectivity index (χ1n) is 5.28. The normalized spacial score (nSPS) is 12.9. The van der Waals surface area contributed by atoms with E-state index in [2.05, 4.69) is 5.10 Å². The summed E-state index contributed by atoms with van der Waals surface area (Å²) in [5.41, 5.74) is 0.981. The summed E-state index contributed by atoms with van der Waals surface area (Å²) in [7, 11) is 3.58. The van der Waals surface area contributed by atoms with Crippen molar-refractivity contribution in [2.45, 2.75) is 13.0 Å². The van der Waals surface area contributed by atoms with E-state index >= 15 is 0 Å². The van der Waals surface area contributed by atoms with Crippen LogP contribution < -0.4 is 4.74 Å². The molecule has 4 nitrogen and oxygen atoms in total. The van der Waals surface area contributed by atoms with Crippen LogP contribution in [0.1, 0.15) is 6.92 Å². The Hall–Kier alpha value is -1.55. The van der Waals surface area contributed by atoms with Gasteiger partial charge in [-0.25, -0.2) is 0 Å². The van der Waals surface area contributed by atoms with Crippen molar-refractivity contribution in [1.82, 2.24) is 9.78 Å². The molecule has 0 radical (unpaired) electrons. The van der Waals surface area contributed by atoms with Crippen LogP contribution in [0.15, 0.2) is 24.4 Å². The molecular weight excluding hydrogens is 204 g/mol. The van der Waals surface area contributed by atoms with Gasteiger partial charge in [-0.05, 0) is 25.1 Å².